The van der Waals surface area contributed by atoms with E-state index in [0.717, 1.165) is 51.4 Å². The number of aliphatic imine (C=N–C) groups is 1. The Bertz CT molecular complexity index is 621. The molecule has 28 heavy (non-hydrogen) atoms. The third kappa shape index (κ3) is 8.77. The summed E-state index contributed by atoms with van der Waals surface area (Å²) in [5, 5.41) is 9.61. The van der Waals surface area contributed by atoms with Crippen molar-refractivity contribution in [1.29, 1.82) is 0 Å². The van der Waals surface area contributed by atoms with E-state index in [9.17, 15) is 4.79 Å². The van der Waals surface area contributed by atoms with Crippen LogP contribution >= 0.6 is 24.0 Å². The van der Waals surface area contributed by atoms with Gasteiger partial charge in [0.05, 0.1) is 6.54 Å². The summed E-state index contributed by atoms with van der Waals surface area (Å²) >= 11 is 0. The van der Waals surface area contributed by atoms with E-state index in [1.165, 1.54) is 16.7 Å². The van der Waals surface area contributed by atoms with Gasteiger partial charge in [0.15, 0.2) is 5.96 Å². The molecule has 1 aromatic carbocycles. The van der Waals surface area contributed by atoms with Crippen molar-refractivity contribution in [2.24, 2.45) is 4.99 Å². The largest absolute Gasteiger partial charge is 0.358 e. The Kier molecular flexibility index (Phi) is 11.4. The predicted octanol–water partition coefficient (Wildman–Crippen LogP) is 2.23. The van der Waals surface area contributed by atoms with Crippen molar-refractivity contribution in [3.63, 3.8) is 0 Å². The van der Waals surface area contributed by atoms with E-state index >= 15 is 0 Å². The van der Waals surface area contributed by atoms with E-state index in [4.69, 9.17) is 4.99 Å². The maximum Gasteiger partial charge on any atom is 0.233 e. The van der Waals surface area contributed by atoms with Crippen LogP contribution in [0.5, 0.6) is 0 Å². The molecular weight excluding hydrogens is 465 g/mol. The van der Waals surface area contributed by atoms with Crippen LogP contribution in [0.15, 0.2) is 23.2 Å². The number of amides is 1. The van der Waals surface area contributed by atoms with Crippen LogP contribution < -0.4 is 16.0 Å². The highest BCUT2D eigenvalue weighted by Crippen LogP contribution is 2.11. The fourth-order valence-corrected chi connectivity index (χ4v) is 3.54. The first-order valence-electron chi connectivity index (χ1n) is 10.0. The van der Waals surface area contributed by atoms with Crippen LogP contribution in [0, 0.1) is 13.8 Å². The summed E-state index contributed by atoms with van der Waals surface area (Å²) < 4.78 is 0. The Morgan fingerprint density at radius 2 is 1.82 bits per heavy atom. The zero-order valence-corrected chi connectivity index (χ0v) is 20.0. The van der Waals surface area contributed by atoms with Crippen molar-refractivity contribution in [1.82, 2.24) is 20.9 Å². The van der Waals surface area contributed by atoms with Crippen molar-refractivity contribution in [2.45, 2.75) is 46.1 Å². The number of benzene rings is 1. The molecule has 0 spiro atoms. The number of guanidine groups is 1. The number of hydrogen-bond donors (Lipinski definition) is 3. The van der Waals surface area contributed by atoms with Crippen LogP contribution in [0.1, 0.15) is 36.5 Å². The van der Waals surface area contributed by atoms with Gasteiger partial charge >= 0.3 is 0 Å². The topological polar surface area (TPSA) is 68.8 Å². The number of likely N-dealkylation sites (tertiary alicyclic amines) is 1. The summed E-state index contributed by atoms with van der Waals surface area (Å²) in [6.45, 7) is 10.4. The van der Waals surface area contributed by atoms with Crippen LogP contribution in [0.2, 0.25) is 0 Å². The van der Waals surface area contributed by atoms with Gasteiger partial charge in [-0.05, 0) is 45.6 Å². The molecule has 6 nitrogen and oxygen atoms in total. The summed E-state index contributed by atoms with van der Waals surface area (Å²) in [7, 11) is 1.69. The molecule has 1 heterocycles. The molecule has 0 aromatic heterocycles. The minimum absolute atomic E-state index is 0. The molecule has 0 radical (unpaired) electrons. The maximum atomic E-state index is 11.5. The minimum atomic E-state index is 0. The zero-order chi connectivity index (χ0) is 19.6. The van der Waals surface area contributed by atoms with Gasteiger partial charge in [-0.1, -0.05) is 29.3 Å². The van der Waals surface area contributed by atoms with Gasteiger partial charge in [-0.3, -0.25) is 14.7 Å². The first kappa shape index (κ1) is 24.7. The summed E-state index contributed by atoms with van der Waals surface area (Å²) in [4.78, 5) is 18.5. The maximum absolute atomic E-state index is 11.5. The molecule has 1 aliphatic rings. The second kappa shape index (κ2) is 13.0. The molecule has 3 N–H and O–H groups in total. The van der Waals surface area contributed by atoms with Gasteiger partial charge in [0.2, 0.25) is 5.91 Å². The van der Waals surface area contributed by atoms with Crippen LogP contribution in [0.25, 0.3) is 0 Å². The predicted molar refractivity (Wildman–Crippen MR) is 128 cm³/mol. The van der Waals surface area contributed by atoms with E-state index < -0.39 is 0 Å². The van der Waals surface area contributed by atoms with E-state index in [1.54, 1.807) is 7.05 Å². The highest BCUT2D eigenvalue weighted by atomic mass is 127. The normalized spacial score (nSPS) is 15.6. The molecule has 0 bridgehead atoms. The van der Waals surface area contributed by atoms with E-state index in [-0.39, 0.29) is 29.9 Å². The Labute approximate surface area is 187 Å². The number of carbonyl (C=O) groups is 1. The summed E-state index contributed by atoms with van der Waals surface area (Å²) in [5.41, 5.74) is 3.96. The van der Waals surface area contributed by atoms with Gasteiger partial charge in [-0.25, -0.2) is 0 Å². The highest BCUT2D eigenvalue weighted by Gasteiger charge is 2.21. The van der Waals surface area contributed by atoms with Crippen molar-refractivity contribution >= 4 is 35.8 Å². The number of carbonyl (C=O) groups excluding carboxylic acids is 1. The Hall–Kier alpha value is -1.35. The molecule has 7 heteroatoms. The second-order valence-corrected chi connectivity index (χ2v) is 7.37. The standard InChI is InChI=1S/C21H35N5O.HI/c1-5-23-21(24-9-6-18-13-16(2)12-17(3)14-18)25-19-7-10-26(11-8-19)15-20(27)22-4;/h12-14,19H,5-11,15H2,1-4H3,(H,22,27)(H2,23,24,25);1H. The lowest BCUT2D eigenvalue weighted by Gasteiger charge is -2.32. The van der Waals surface area contributed by atoms with Crippen LogP contribution in [0.3, 0.4) is 0 Å². The quantitative estimate of drug-likeness (QED) is 0.305. The molecule has 1 aromatic rings. The number of halogens is 1. The highest BCUT2D eigenvalue weighted by molar-refractivity contribution is 14.0. The van der Waals surface area contributed by atoms with Gasteiger partial charge in [-0.2, -0.15) is 0 Å². The lowest BCUT2D eigenvalue weighted by Crippen LogP contribution is -2.50. The molecule has 0 aliphatic carbocycles. The number of likely N-dealkylation sites (N-methyl/N-ethyl adjacent to an activating group) is 1. The van der Waals surface area contributed by atoms with Crippen molar-refractivity contribution in [3.05, 3.63) is 34.9 Å². The van der Waals surface area contributed by atoms with Gasteiger partial charge < -0.3 is 16.0 Å². The van der Waals surface area contributed by atoms with Crippen LogP contribution in [-0.4, -0.2) is 62.6 Å². The molecule has 158 valence electrons. The molecular formula is C21H36IN5O. The smallest absolute Gasteiger partial charge is 0.233 e. The van der Waals surface area contributed by atoms with Gasteiger partial charge in [-0.15, -0.1) is 24.0 Å². The van der Waals surface area contributed by atoms with Crippen LogP contribution in [-0.2, 0) is 11.2 Å². The molecule has 0 unspecified atom stereocenters. The van der Waals surface area contributed by atoms with Gasteiger partial charge in [0, 0.05) is 39.3 Å². The fraction of sp³-hybridized carbons (Fsp3) is 0.619. The summed E-state index contributed by atoms with van der Waals surface area (Å²) in [5.74, 6) is 0.981. The van der Waals surface area contributed by atoms with E-state index in [2.05, 4.69) is 59.8 Å². The summed E-state index contributed by atoms with van der Waals surface area (Å²) in [6, 6.07) is 7.09. The second-order valence-electron chi connectivity index (χ2n) is 7.37. The zero-order valence-electron chi connectivity index (χ0n) is 17.7. The number of nitrogens with one attached hydrogen (secondary N) is 3. The first-order chi connectivity index (χ1) is 13.0. The van der Waals surface area contributed by atoms with Crippen molar-refractivity contribution in [3.8, 4) is 0 Å². The number of piperidine rings is 1. The monoisotopic (exact) mass is 501 g/mol. The Morgan fingerprint density at radius 1 is 1.18 bits per heavy atom. The van der Waals surface area contributed by atoms with E-state index in [1.807, 2.05) is 0 Å². The molecule has 1 aliphatic heterocycles. The minimum Gasteiger partial charge on any atom is -0.358 e. The molecule has 1 fully saturated rings. The lowest BCUT2D eigenvalue weighted by atomic mass is 10.1. The molecule has 0 atom stereocenters. The van der Waals surface area contributed by atoms with Crippen LogP contribution in [0.4, 0.5) is 0 Å². The Morgan fingerprint density at radius 3 is 2.39 bits per heavy atom. The van der Waals surface area contributed by atoms with Gasteiger partial charge in [0.1, 0.15) is 0 Å². The summed E-state index contributed by atoms with van der Waals surface area (Å²) in [6.07, 6.45) is 3.00. The van der Waals surface area contributed by atoms with Crippen molar-refractivity contribution in [2.75, 3.05) is 39.8 Å². The third-order valence-corrected chi connectivity index (χ3v) is 4.87. The first-order valence-corrected chi connectivity index (χ1v) is 10.0. The Balaban J connectivity index is 0.00000392. The number of aryl methyl sites for hydroxylation is 2. The average Bonchev–Trinajstić information content (AvgIpc) is 2.62. The fourth-order valence-electron chi connectivity index (χ4n) is 3.54. The molecule has 1 saturated heterocycles. The molecule has 1 amide bonds. The molecule has 2 rings (SSSR count). The number of rotatable bonds is 7. The number of nitrogens with zero attached hydrogens (tertiary/aromatic N) is 2. The lowest BCUT2D eigenvalue weighted by molar-refractivity contribution is -0.122. The van der Waals surface area contributed by atoms with Crippen molar-refractivity contribution < 1.29 is 4.79 Å². The van der Waals surface area contributed by atoms with Gasteiger partial charge in [0.25, 0.3) is 0 Å². The van der Waals surface area contributed by atoms with E-state index in [0.29, 0.717) is 12.6 Å². The molecule has 0 saturated carbocycles. The number of hydrogen-bond acceptors (Lipinski definition) is 3. The third-order valence-electron chi connectivity index (χ3n) is 4.87. The SMILES string of the molecule is CCNC(=NCCc1cc(C)cc(C)c1)NC1CCN(CC(=O)NC)CC1.I. The average molecular weight is 501 g/mol.